The molecule has 1 aromatic rings. The highest BCUT2D eigenvalue weighted by atomic mass is 16.5. The second kappa shape index (κ2) is 7.51. The van der Waals surface area contributed by atoms with Crippen LogP contribution in [0.4, 0.5) is 11.4 Å². The van der Waals surface area contributed by atoms with E-state index in [-0.39, 0.29) is 11.9 Å². The fraction of sp³-hybridized carbons (Fsp3) is 0.500. The number of ether oxygens (including phenoxy) is 1. The first-order valence-corrected chi connectivity index (χ1v) is 6.64. The molecule has 0 saturated heterocycles. The summed E-state index contributed by atoms with van der Waals surface area (Å²) in [6.07, 6.45) is 0.922. The van der Waals surface area contributed by atoms with Gasteiger partial charge in [-0.1, -0.05) is 6.92 Å². The van der Waals surface area contributed by atoms with Crippen LogP contribution < -0.4 is 21.1 Å². The number of amides is 1. The van der Waals surface area contributed by atoms with Crippen LogP contribution in [-0.2, 0) is 4.79 Å². The summed E-state index contributed by atoms with van der Waals surface area (Å²) in [5, 5.41) is 5.96. The molecule has 1 atom stereocenters. The Morgan fingerprint density at radius 2 is 2.11 bits per heavy atom. The van der Waals surface area contributed by atoms with E-state index in [1.165, 1.54) is 0 Å². The molecule has 4 N–H and O–H groups in total. The second-order valence-electron chi connectivity index (χ2n) is 4.38. The van der Waals surface area contributed by atoms with Gasteiger partial charge in [0.25, 0.3) is 0 Å². The fourth-order valence-corrected chi connectivity index (χ4v) is 1.67. The predicted octanol–water partition coefficient (Wildman–Crippen LogP) is 1.99. The van der Waals surface area contributed by atoms with Gasteiger partial charge in [-0.3, -0.25) is 4.79 Å². The Labute approximate surface area is 114 Å². The lowest BCUT2D eigenvalue weighted by molar-refractivity contribution is -0.121. The minimum absolute atomic E-state index is 0.0257. The molecule has 5 heteroatoms. The van der Waals surface area contributed by atoms with Crippen LogP contribution in [0.1, 0.15) is 27.2 Å². The van der Waals surface area contributed by atoms with Crippen molar-refractivity contribution in [2.24, 2.45) is 0 Å². The SMILES string of the molecule is CCCNC(=O)C(C)Nc1cc(N)cc(OCC)c1. The van der Waals surface area contributed by atoms with Crippen molar-refractivity contribution in [3.05, 3.63) is 18.2 Å². The molecule has 0 radical (unpaired) electrons. The van der Waals surface area contributed by atoms with Crippen LogP contribution in [0.25, 0.3) is 0 Å². The van der Waals surface area contributed by atoms with Crippen molar-refractivity contribution in [2.75, 3.05) is 24.2 Å². The standard InChI is InChI=1S/C14H23N3O2/c1-4-6-16-14(18)10(3)17-12-7-11(15)8-13(9-12)19-5-2/h7-10,17H,4-6,15H2,1-3H3,(H,16,18). The number of anilines is 2. The highest BCUT2D eigenvalue weighted by molar-refractivity contribution is 5.84. The maximum atomic E-state index is 11.8. The zero-order chi connectivity index (χ0) is 14.3. The molecule has 0 heterocycles. The Kier molecular flexibility index (Phi) is 5.99. The van der Waals surface area contributed by atoms with Gasteiger partial charge in [-0.2, -0.15) is 0 Å². The number of benzene rings is 1. The summed E-state index contributed by atoms with van der Waals surface area (Å²) in [5.74, 6) is 0.674. The Morgan fingerprint density at radius 3 is 2.74 bits per heavy atom. The molecule has 1 rings (SSSR count). The first-order valence-electron chi connectivity index (χ1n) is 6.64. The van der Waals surface area contributed by atoms with Crippen molar-refractivity contribution in [3.8, 4) is 5.75 Å². The molecule has 19 heavy (non-hydrogen) atoms. The van der Waals surface area contributed by atoms with E-state index in [9.17, 15) is 4.79 Å². The summed E-state index contributed by atoms with van der Waals surface area (Å²) >= 11 is 0. The summed E-state index contributed by atoms with van der Waals surface area (Å²) in [6.45, 7) is 7.01. The summed E-state index contributed by atoms with van der Waals surface area (Å²) in [7, 11) is 0. The smallest absolute Gasteiger partial charge is 0.242 e. The van der Waals surface area contributed by atoms with Crippen molar-refractivity contribution in [3.63, 3.8) is 0 Å². The van der Waals surface area contributed by atoms with Crippen LogP contribution in [0, 0.1) is 0 Å². The number of rotatable bonds is 7. The molecule has 0 saturated carbocycles. The van der Waals surface area contributed by atoms with E-state index in [4.69, 9.17) is 10.5 Å². The van der Waals surface area contributed by atoms with E-state index in [2.05, 4.69) is 10.6 Å². The third-order valence-corrected chi connectivity index (χ3v) is 2.57. The lowest BCUT2D eigenvalue weighted by Crippen LogP contribution is -2.37. The van der Waals surface area contributed by atoms with Crippen LogP contribution in [0.3, 0.4) is 0 Å². The van der Waals surface area contributed by atoms with E-state index in [1.807, 2.05) is 26.8 Å². The highest BCUT2D eigenvalue weighted by Crippen LogP contribution is 2.23. The Hall–Kier alpha value is -1.91. The maximum Gasteiger partial charge on any atom is 0.242 e. The van der Waals surface area contributed by atoms with Crippen molar-refractivity contribution in [2.45, 2.75) is 33.2 Å². The molecule has 0 aliphatic carbocycles. The van der Waals surface area contributed by atoms with Crippen molar-refractivity contribution in [1.82, 2.24) is 5.32 Å². The average Bonchev–Trinajstić information content (AvgIpc) is 2.35. The van der Waals surface area contributed by atoms with Gasteiger partial charge in [0.15, 0.2) is 0 Å². The molecule has 0 fully saturated rings. The summed E-state index contributed by atoms with van der Waals surface area (Å²) in [5.41, 5.74) is 7.19. The molecule has 0 aromatic heterocycles. The van der Waals surface area contributed by atoms with E-state index in [1.54, 1.807) is 12.1 Å². The number of nitrogens with one attached hydrogen (secondary N) is 2. The van der Waals surface area contributed by atoms with Gasteiger partial charge in [-0.15, -0.1) is 0 Å². The number of hydrogen-bond acceptors (Lipinski definition) is 4. The first-order chi connectivity index (χ1) is 9.06. The number of nitrogens with two attached hydrogens (primary N) is 1. The van der Waals surface area contributed by atoms with Crippen molar-refractivity contribution < 1.29 is 9.53 Å². The summed E-state index contributed by atoms with van der Waals surface area (Å²) in [4.78, 5) is 11.8. The van der Waals surface area contributed by atoms with E-state index < -0.39 is 0 Å². The van der Waals surface area contributed by atoms with Gasteiger partial charge >= 0.3 is 0 Å². The molecule has 0 spiro atoms. The van der Waals surface area contributed by atoms with Gasteiger partial charge in [-0.25, -0.2) is 0 Å². The Morgan fingerprint density at radius 1 is 1.37 bits per heavy atom. The van der Waals surface area contributed by atoms with E-state index in [0.29, 0.717) is 24.6 Å². The minimum Gasteiger partial charge on any atom is -0.494 e. The number of carbonyl (C=O) groups excluding carboxylic acids is 1. The van der Waals surface area contributed by atoms with Crippen LogP contribution >= 0.6 is 0 Å². The Balaban J connectivity index is 2.67. The molecule has 5 nitrogen and oxygen atoms in total. The zero-order valence-electron chi connectivity index (χ0n) is 11.8. The monoisotopic (exact) mass is 265 g/mol. The van der Waals surface area contributed by atoms with Crippen molar-refractivity contribution in [1.29, 1.82) is 0 Å². The highest BCUT2D eigenvalue weighted by Gasteiger charge is 2.12. The van der Waals surface area contributed by atoms with Gasteiger partial charge in [0, 0.05) is 30.1 Å². The molecule has 0 aliphatic rings. The third-order valence-electron chi connectivity index (χ3n) is 2.57. The number of hydrogen-bond donors (Lipinski definition) is 3. The average molecular weight is 265 g/mol. The number of carbonyl (C=O) groups is 1. The van der Waals surface area contributed by atoms with Crippen LogP contribution in [0.15, 0.2) is 18.2 Å². The third kappa shape index (κ3) is 5.07. The van der Waals surface area contributed by atoms with Crippen molar-refractivity contribution >= 4 is 17.3 Å². The molecule has 0 aliphatic heterocycles. The quantitative estimate of drug-likeness (QED) is 0.659. The zero-order valence-corrected chi connectivity index (χ0v) is 11.8. The molecule has 1 aromatic carbocycles. The summed E-state index contributed by atoms with van der Waals surface area (Å²) in [6, 6.07) is 5.06. The van der Waals surface area contributed by atoms with E-state index >= 15 is 0 Å². The molecular formula is C14H23N3O2. The van der Waals surface area contributed by atoms with Gasteiger partial charge < -0.3 is 21.1 Å². The Bertz CT molecular complexity index is 421. The van der Waals surface area contributed by atoms with Gasteiger partial charge in [0.1, 0.15) is 11.8 Å². The molecule has 0 bridgehead atoms. The lowest BCUT2D eigenvalue weighted by Gasteiger charge is -2.16. The largest absolute Gasteiger partial charge is 0.494 e. The second-order valence-corrected chi connectivity index (χ2v) is 4.38. The predicted molar refractivity (Wildman–Crippen MR) is 78.4 cm³/mol. The maximum absolute atomic E-state index is 11.8. The normalized spacial score (nSPS) is 11.7. The first kappa shape index (κ1) is 15.1. The number of nitrogen functional groups attached to an aromatic ring is 1. The van der Waals surface area contributed by atoms with Crippen LogP contribution in [-0.4, -0.2) is 25.1 Å². The van der Waals surface area contributed by atoms with Gasteiger partial charge in [-0.05, 0) is 26.3 Å². The fourth-order valence-electron chi connectivity index (χ4n) is 1.67. The van der Waals surface area contributed by atoms with E-state index in [0.717, 1.165) is 12.1 Å². The molecule has 1 unspecified atom stereocenters. The summed E-state index contributed by atoms with van der Waals surface area (Å²) < 4.78 is 5.41. The van der Waals surface area contributed by atoms with Gasteiger partial charge in [0.05, 0.1) is 6.61 Å². The van der Waals surface area contributed by atoms with Crippen LogP contribution in [0.2, 0.25) is 0 Å². The molecule has 106 valence electrons. The minimum atomic E-state index is -0.317. The topological polar surface area (TPSA) is 76.4 Å². The lowest BCUT2D eigenvalue weighted by atomic mass is 10.2. The van der Waals surface area contributed by atoms with Gasteiger partial charge in [0.2, 0.25) is 5.91 Å². The molecular weight excluding hydrogens is 242 g/mol. The van der Waals surface area contributed by atoms with Crippen LogP contribution in [0.5, 0.6) is 5.75 Å². The molecule has 1 amide bonds.